The molecule has 5 aliphatic rings. The maximum Gasteiger partial charge on any atom is 0.310 e. The fraction of sp³-hybridized carbons (Fsp3) is 0.489. The molecule has 3 N–H and O–H groups in total. The van der Waals surface area contributed by atoms with E-state index in [2.05, 4.69) is 10.3 Å². The van der Waals surface area contributed by atoms with Crippen LogP contribution in [0.15, 0.2) is 84.7 Å². The molecule has 4 fully saturated rings. The maximum atomic E-state index is 17.5. The first kappa shape index (κ1) is 41.6. The van der Waals surface area contributed by atoms with Crippen LogP contribution in [-0.4, -0.2) is 87.6 Å². The van der Waals surface area contributed by atoms with Crippen molar-refractivity contribution in [3.63, 3.8) is 0 Å². The molecule has 0 saturated heterocycles. The van der Waals surface area contributed by atoms with E-state index in [0.717, 1.165) is 16.3 Å². The number of carbonyl (C=O) groups is 5. The van der Waals surface area contributed by atoms with Gasteiger partial charge in [0, 0.05) is 40.2 Å². The third-order valence-electron chi connectivity index (χ3n) is 14.7. The molecule has 8 rings (SSSR count). The van der Waals surface area contributed by atoms with Crippen LogP contribution in [0, 0.1) is 40.4 Å². The lowest BCUT2D eigenvalue weighted by Gasteiger charge is -2.62. The molecule has 13 heteroatoms. The lowest BCUT2D eigenvalue weighted by molar-refractivity contribution is -0.220. The van der Waals surface area contributed by atoms with Crippen molar-refractivity contribution in [3.05, 3.63) is 95.9 Å². The summed E-state index contributed by atoms with van der Waals surface area (Å²) < 4.78 is 28.5. The number of ether oxygens (including phenoxy) is 2. The number of anilines is 1. The number of ketones is 2. The van der Waals surface area contributed by atoms with Gasteiger partial charge in [-0.2, -0.15) is 0 Å². The number of pyridine rings is 1. The van der Waals surface area contributed by atoms with E-state index in [1.165, 1.54) is 12.2 Å². The first-order valence-corrected chi connectivity index (χ1v) is 20.7. The molecule has 0 spiro atoms. The van der Waals surface area contributed by atoms with Crippen molar-refractivity contribution in [2.24, 2.45) is 40.4 Å². The summed E-state index contributed by atoms with van der Waals surface area (Å²) in [5.41, 5.74) is -3.78. The number of aliphatic hydroxyl groups excluding tert-OH is 1. The van der Waals surface area contributed by atoms with Crippen molar-refractivity contribution in [1.82, 2.24) is 9.88 Å². The molecular formula is C47H52FN3O9. The number of Topliss-reactive ketones (excluding diaryl/α,β-unsaturated/α-hetero) is 1. The number of hydrogen-bond acceptors (Lipinski definition) is 11. The van der Waals surface area contributed by atoms with Crippen molar-refractivity contribution in [3.8, 4) is 0 Å². The number of rotatable bonds is 11. The highest BCUT2D eigenvalue weighted by Gasteiger charge is 2.75. The summed E-state index contributed by atoms with van der Waals surface area (Å²) in [5.74, 6) is -5.76. The number of alkyl halides is 1. The van der Waals surface area contributed by atoms with Gasteiger partial charge >= 0.3 is 11.9 Å². The van der Waals surface area contributed by atoms with Gasteiger partial charge in [-0.15, -0.1) is 0 Å². The summed E-state index contributed by atoms with van der Waals surface area (Å²) in [4.78, 5) is 71.5. The third kappa shape index (κ3) is 6.60. The van der Waals surface area contributed by atoms with Gasteiger partial charge in [0.25, 0.3) is 0 Å². The molecule has 60 heavy (non-hydrogen) atoms. The number of benzene rings is 2. The van der Waals surface area contributed by atoms with Crippen molar-refractivity contribution in [1.29, 1.82) is 0 Å². The Labute approximate surface area is 348 Å². The van der Waals surface area contributed by atoms with Crippen LogP contribution in [0.4, 0.5) is 10.1 Å². The summed E-state index contributed by atoms with van der Waals surface area (Å²) in [6.07, 6.45) is 7.46. The number of amides is 1. The first-order valence-electron chi connectivity index (χ1n) is 20.7. The Balaban J connectivity index is 0.843. The van der Waals surface area contributed by atoms with Crippen LogP contribution < -0.4 is 5.32 Å². The van der Waals surface area contributed by atoms with E-state index in [-0.39, 0.29) is 31.1 Å². The van der Waals surface area contributed by atoms with Gasteiger partial charge in [0.2, 0.25) is 11.7 Å². The van der Waals surface area contributed by atoms with E-state index in [4.69, 9.17) is 9.47 Å². The number of nitrogens with zero attached hydrogens (tertiary/aromatic N) is 2. The second-order valence-corrected chi connectivity index (χ2v) is 18.3. The average Bonchev–Trinajstić information content (AvgIpc) is 4.00. The molecule has 11 atom stereocenters. The van der Waals surface area contributed by atoms with Crippen molar-refractivity contribution < 1.29 is 48.0 Å². The SMILES string of the molecule is C[C@@H]1C[C@H]2[C@@H]3CCC4=CC(=O)C=C[C@]4(C)[C@@]3(F)[C@@H](O)C[C@]2(C)[C@@]1(O)C(=O)COC(=O)C1CC1C(=O)OCc1ccc(C(C(=O)Nc2ccc3cnccc3c2)N(C)C)cc1. The Kier molecular flexibility index (Phi) is 10.5. The number of likely N-dealkylation sites (N-methyl/N-ethyl adjacent to an activating group) is 1. The minimum Gasteiger partial charge on any atom is -0.461 e. The summed E-state index contributed by atoms with van der Waals surface area (Å²) in [6.45, 7) is 4.39. The topological polar surface area (TPSA) is 172 Å². The molecule has 0 aliphatic heterocycles. The van der Waals surface area contributed by atoms with Crippen LogP contribution >= 0.6 is 0 Å². The Hall–Kier alpha value is -5.11. The summed E-state index contributed by atoms with van der Waals surface area (Å²) in [7, 11) is 3.63. The molecular weight excluding hydrogens is 770 g/mol. The number of aliphatic hydroxyl groups is 2. The van der Waals surface area contributed by atoms with Gasteiger partial charge in [-0.3, -0.25) is 33.9 Å². The van der Waals surface area contributed by atoms with Crippen LogP contribution in [0.3, 0.4) is 0 Å². The van der Waals surface area contributed by atoms with Gasteiger partial charge in [0.15, 0.2) is 18.1 Å². The summed E-state index contributed by atoms with van der Waals surface area (Å²) in [6, 6.07) is 14.1. The van der Waals surface area contributed by atoms with Gasteiger partial charge < -0.3 is 25.0 Å². The van der Waals surface area contributed by atoms with Crippen LogP contribution in [0.2, 0.25) is 0 Å². The molecule has 4 saturated carbocycles. The molecule has 1 heterocycles. The third-order valence-corrected chi connectivity index (χ3v) is 14.7. The Morgan fingerprint density at radius 2 is 1.70 bits per heavy atom. The zero-order valence-electron chi connectivity index (χ0n) is 34.5. The summed E-state index contributed by atoms with van der Waals surface area (Å²) in [5, 5.41) is 28.8. The zero-order valence-corrected chi connectivity index (χ0v) is 34.5. The second-order valence-electron chi connectivity index (χ2n) is 18.3. The lowest BCUT2D eigenvalue weighted by Crippen LogP contribution is -2.69. The van der Waals surface area contributed by atoms with Gasteiger partial charge in [-0.05, 0) is 112 Å². The Bertz CT molecular complexity index is 2330. The number of nitrogens with one attached hydrogen (secondary N) is 1. The largest absolute Gasteiger partial charge is 0.461 e. The predicted molar refractivity (Wildman–Crippen MR) is 218 cm³/mol. The molecule has 5 aliphatic carbocycles. The van der Waals surface area contributed by atoms with Crippen LogP contribution in [0.5, 0.6) is 0 Å². The van der Waals surface area contributed by atoms with E-state index in [1.807, 2.05) is 38.4 Å². The van der Waals surface area contributed by atoms with E-state index in [0.29, 0.717) is 36.1 Å². The molecule has 3 aromatic rings. The highest BCUT2D eigenvalue weighted by atomic mass is 19.1. The minimum absolute atomic E-state index is 0.0521. The monoisotopic (exact) mass is 821 g/mol. The quantitative estimate of drug-likeness (QED) is 0.205. The Morgan fingerprint density at radius 3 is 2.42 bits per heavy atom. The number of halogens is 1. The first-order chi connectivity index (χ1) is 28.4. The molecule has 316 valence electrons. The van der Waals surface area contributed by atoms with Gasteiger partial charge in [-0.25, -0.2) is 4.39 Å². The lowest BCUT2D eigenvalue weighted by atomic mass is 9.44. The normalized spacial score (nSPS) is 34.5. The number of aromatic nitrogens is 1. The van der Waals surface area contributed by atoms with Crippen molar-refractivity contribution in [2.75, 3.05) is 26.0 Å². The average molecular weight is 822 g/mol. The molecule has 0 bridgehead atoms. The van der Waals surface area contributed by atoms with Gasteiger partial charge in [-0.1, -0.05) is 55.8 Å². The number of carbonyl (C=O) groups excluding carboxylic acids is 5. The van der Waals surface area contributed by atoms with Crippen LogP contribution in [-0.2, 0) is 40.1 Å². The molecule has 1 amide bonds. The highest BCUT2D eigenvalue weighted by Crippen LogP contribution is 2.70. The molecule has 12 nitrogen and oxygen atoms in total. The summed E-state index contributed by atoms with van der Waals surface area (Å²) >= 11 is 0. The minimum atomic E-state index is -2.11. The molecule has 0 radical (unpaired) electrons. The zero-order chi connectivity index (χ0) is 42.9. The standard InChI is InChI=1S/C47H52FN3O9/c1-26-18-37-36-13-11-31-20-33(52)14-16-44(31,2)46(36,48)38(53)22-45(37,3)47(26,58)39(54)25-60-43(57)35-21-34(35)42(56)59-24-27-6-8-28(9-7-27)40(51(4)5)41(55)50-32-12-10-30-23-49-17-15-29(30)19-32/h6-10,12,14-17,19-20,23,26,34-38,40,53,58H,11,13,18,21-22,24-25H2,1-5H3,(H,50,55)/t26-,34?,35?,36+,37+,38+,40?,44+,45+,46+,47+/m1/s1. The van der Waals surface area contributed by atoms with Crippen molar-refractivity contribution >= 4 is 45.9 Å². The number of fused-ring (bicyclic) bond motifs is 6. The fourth-order valence-corrected chi connectivity index (χ4v) is 11.3. The smallest absolute Gasteiger partial charge is 0.310 e. The number of allylic oxidation sites excluding steroid dienone is 4. The van der Waals surface area contributed by atoms with E-state index in [9.17, 15) is 34.2 Å². The van der Waals surface area contributed by atoms with Crippen LogP contribution in [0.25, 0.3) is 10.8 Å². The fourth-order valence-electron chi connectivity index (χ4n) is 11.3. The van der Waals surface area contributed by atoms with E-state index >= 15 is 4.39 Å². The highest BCUT2D eigenvalue weighted by molar-refractivity contribution is 6.01. The number of hydrogen-bond donors (Lipinski definition) is 3. The molecule has 3 unspecified atom stereocenters. The van der Waals surface area contributed by atoms with Gasteiger partial charge in [0.1, 0.15) is 18.2 Å². The van der Waals surface area contributed by atoms with Crippen molar-refractivity contribution in [2.45, 2.75) is 82.9 Å². The second kappa shape index (κ2) is 15.1. The predicted octanol–water partition coefficient (Wildman–Crippen LogP) is 5.62. The van der Waals surface area contributed by atoms with Gasteiger partial charge in [0.05, 0.1) is 17.9 Å². The Morgan fingerprint density at radius 1 is 0.983 bits per heavy atom. The molecule has 2 aromatic carbocycles. The maximum absolute atomic E-state index is 17.5. The van der Waals surface area contributed by atoms with Crippen LogP contribution in [0.1, 0.15) is 70.0 Å². The van der Waals surface area contributed by atoms with E-state index in [1.54, 1.807) is 68.4 Å². The molecule has 1 aromatic heterocycles. The van der Waals surface area contributed by atoms with E-state index < -0.39 is 88.2 Å². The number of esters is 2.